The molecule has 0 saturated heterocycles. The second kappa shape index (κ2) is 7.34. The summed E-state index contributed by atoms with van der Waals surface area (Å²) in [5.74, 6) is -1.29. The number of aryl methyl sites for hydroxylation is 1. The van der Waals surface area contributed by atoms with Crippen molar-refractivity contribution in [3.63, 3.8) is 0 Å². The Morgan fingerprint density at radius 1 is 1.00 bits per heavy atom. The number of aromatic nitrogens is 1. The van der Waals surface area contributed by atoms with Crippen molar-refractivity contribution in [2.24, 2.45) is 0 Å². The van der Waals surface area contributed by atoms with E-state index in [2.05, 4.69) is 5.43 Å². The minimum absolute atomic E-state index is 0.280. The lowest BCUT2D eigenvalue weighted by Crippen LogP contribution is -2.41. The molecule has 0 unspecified atom stereocenters. The number of hydrazine groups is 1. The van der Waals surface area contributed by atoms with E-state index in [0.717, 1.165) is 23.5 Å². The number of sulfonamides is 1. The van der Waals surface area contributed by atoms with E-state index in [1.807, 2.05) is 46.7 Å². The summed E-state index contributed by atoms with van der Waals surface area (Å²) in [6.07, 6.45) is 0. The van der Waals surface area contributed by atoms with Crippen LogP contribution in [0.25, 0.3) is 5.69 Å². The first-order chi connectivity index (χ1) is 12.8. The van der Waals surface area contributed by atoms with Crippen LogP contribution in [-0.2, 0) is 10.0 Å². The number of halogens is 1. The Labute approximate surface area is 156 Å². The van der Waals surface area contributed by atoms with E-state index in [4.69, 9.17) is 0 Å². The number of hydrogen-bond donors (Lipinski definition) is 2. The van der Waals surface area contributed by atoms with Crippen LogP contribution in [-0.4, -0.2) is 18.9 Å². The van der Waals surface area contributed by atoms with E-state index in [-0.39, 0.29) is 4.90 Å². The normalized spacial score (nSPS) is 11.4. The third-order valence-corrected chi connectivity index (χ3v) is 5.34. The summed E-state index contributed by atoms with van der Waals surface area (Å²) in [6.45, 7) is 3.63. The summed E-state index contributed by atoms with van der Waals surface area (Å²) >= 11 is 0. The highest BCUT2D eigenvalue weighted by Crippen LogP contribution is 2.20. The van der Waals surface area contributed by atoms with Crippen molar-refractivity contribution in [2.45, 2.75) is 18.7 Å². The zero-order chi connectivity index (χ0) is 19.6. The van der Waals surface area contributed by atoms with Crippen LogP contribution in [0.3, 0.4) is 0 Å². The van der Waals surface area contributed by atoms with Crippen LogP contribution >= 0.6 is 0 Å². The van der Waals surface area contributed by atoms with Crippen molar-refractivity contribution >= 4 is 15.9 Å². The molecule has 1 aromatic heterocycles. The van der Waals surface area contributed by atoms with Gasteiger partial charge in [0.15, 0.2) is 0 Å². The van der Waals surface area contributed by atoms with Crippen LogP contribution < -0.4 is 10.3 Å². The molecule has 0 aliphatic carbocycles. The SMILES string of the molecule is Cc1cc(C(=O)NNS(=O)(=O)c2cccc(F)c2)c(C)n1-c1ccccc1. The van der Waals surface area contributed by atoms with E-state index in [0.29, 0.717) is 11.3 Å². The summed E-state index contributed by atoms with van der Waals surface area (Å²) in [7, 11) is -4.08. The molecule has 0 atom stereocenters. The Balaban J connectivity index is 1.81. The average Bonchev–Trinajstić information content (AvgIpc) is 2.95. The molecule has 0 aliphatic heterocycles. The molecule has 0 fully saturated rings. The van der Waals surface area contributed by atoms with Crippen molar-refractivity contribution in [1.29, 1.82) is 0 Å². The van der Waals surface area contributed by atoms with Crippen molar-refractivity contribution < 1.29 is 17.6 Å². The molecule has 0 radical (unpaired) electrons. The third-order valence-electron chi connectivity index (χ3n) is 4.10. The van der Waals surface area contributed by atoms with Gasteiger partial charge < -0.3 is 4.57 Å². The summed E-state index contributed by atoms with van der Waals surface area (Å²) in [5.41, 5.74) is 4.90. The van der Waals surface area contributed by atoms with Gasteiger partial charge in [-0.2, -0.15) is 0 Å². The van der Waals surface area contributed by atoms with Crippen molar-refractivity contribution in [1.82, 2.24) is 14.8 Å². The number of para-hydroxylation sites is 1. The van der Waals surface area contributed by atoms with Gasteiger partial charge in [0, 0.05) is 17.1 Å². The zero-order valence-corrected chi connectivity index (χ0v) is 15.5. The summed E-state index contributed by atoms with van der Waals surface area (Å²) < 4.78 is 39.5. The maximum atomic E-state index is 13.2. The molecular formula is C19H18FN3O3S. The predicted octanol–water partition coefficient (Wildman–Crippen LogP) is 2.86. The molecule has 27 heavy (non-hydrogen) atoms. The van der Waals surface area contributed by atoms with Gasteiger partial charge in [-0.1, -0.05) is 24.3 Å². The standard InChI is InChI=1S/C19H18FN3O3S/c1-13-11-18(14(2)23(13)16-8-4-3-5-9-16)19(24)21-22-27(25,26)17-10-6-7-15(20)12-17/h3-12,22H,1-2H3,(H,21,24). The summed E-state index contributed by atoms with van der Waals surface area (Å²) in [4.78, 5) is 14.2. The van der Waals surface area contributed by atoms with Crippen molar-refractivity contribution in [3.05, 3.63) is 83.4 Å². The highest BCUT2D eigenvalue weighted by atomic mass is 32.2. The minimum Gasteiger partial charge on any atom is -0.318 e. The molecular weight excluding hydrogens is 369 g/mol. The first kappa shape index (κ1) is 18.8. The van der Waals surface area contributed by atoms with Gasteiger partial charge in [-0.15, -0.1) is 4.83 Å². The number of benzene rings is 2. The molecule has 2 N–H and O–H groups in total. The van der Waals surface area contributed by atoms with Crippen LogP contribution in [0, 0.1) is 19.7 Å². The molecule has 2 aromatic carbocycles. The van der Waals surface area contributed by atoms with E-state index in [1.165, 1.54) is 12.1 Å². The zero-order valence-electron chi connectivity index (χ0n) is 14.7. The second-order valence-corrected chi connectivity index (χ2v) is 7.66. The van der Waals surface area contributed by atoms with E-state index < -0.39 is 21.7 Å². The topological polar surface area (TPSA) is 80.2 Å². The molecule has 0 saturated carbocycles. The third kappa shape index (κ3) is 3.91. The van der Waals surface area contributed by atoms with Gasteiger partial charge in [0.25, 0.3) is 15.9 Å². The quantitative estimate of drug-likeness (QED) is 0.661. The Hall–Kier alpha value is -2.97. The fourth-order valence-corrected chi connectivity index (χ4v) is 3.71. The number of carbonyl (C=O) groups is 1. The smallest absolute Gasteiger partial charge is 0.268 e. The fraction of sp³-hybridized carbons (Fsp3) is 0.105. The van der Waals surface area contributed by atoms with Crippen LogP contribution in [0.1, 0.15) is 21.7 Å². The Bertz CT molecular complexity index is 1090. The Kier molecular flexibility index (Phi) is 5.11. The lowest BCUT2D eigenvalue weighted by Gasteiger charge is -2.10. The molecule has 6 nitrogen and oxygen atoms in total. The maximum absolute atomic E-state index is 13.2. The number of rotatable bonds is 5. The van der Waals surface area contributed by atoms with Gasteiger partial charge in [0.1, 0.15) is 5.82 Å². The summed E-state index contributed by atoms with van der Waals surface area (Å²) in [5, 5.41) is 0. The number of carbonyl (C=O) groups excluding carboxylic acids is 1. The molecule has 0 spiro atoms. The highest BCUT2D eigenvalue weighted by Gasteiger charge is 2.20. The molecule has 1 amide bonds. The van der Waals surface area contributed by atoms with Gasteiger partial charge in [0.05, 0.1) is 10.5 Å². The molecule has 0 aliphatic rings. The van der Waals surface area contributed by atoms with E-state index in [9.17, 15) is 17.6 Å². The van der Waals surface area contributed by atoms with Crippen molar-refractivity contribution in [2.75, 3.05) is 0 Å². The maximum Gasteiger partial charge on any atom is 0.268 e. The van der Waals surface area contributed by atoms with Gasteiger partial charge in [-0.3, -0.25) is 10.2 Å². The van der Waals surface area contributed by atoms with Crippen molar-refractivity contribution in [3.8, 4) is 5.69 Å². The molecule has 3 aromatic rings. The molecule has 8 heteroatoms. The van der Waals surface area contributed by atoms with Crippen LogP contribution in [0.15, 0.2) is 65.6 Å². The monoisotopic (exact) mass is 387 g/mol. The highest BCUT2D eigenvalue weighted by molar-refractivity contribution is 7.89. The van der Waals surface area contributed by atoms with Gasteiger partial charge >= 0.3 is 0 Å². The average molecular weight is 387 g/mol. The molecule has 3 rings (SSSR count). The number of nitrogens with zero attached hydrogens (tertiary/aromatic N) is 1. The van der Waals surface area contributed by atoms with Gasteiger partial charge in [-0.05, 0) is 50.2 Å². The number of hydrogen-bond acceptors (Lipinski definition) is 3. The summed E-state index contributed by atoms with van der Waals surface area (Å²) in [6, 6.07) is 15.7. The minimum atomic E-state index is -4.08. The molecule has 140 valence electrons. The molecule has 1 heterocycles. The Morgan fingerprint density at radius 3 is 2.37 bits per heavy atom. The van der Waals surface area contributed by atoms with Gasteiger partial charge in [-0.25, -0.2) is 12.8 Å². The predicted molar refractivity (Wildman–Crippen MR) is 99.4 cm³/mol. The van der Waals surface area contributed by atoms with Crippen LogP contribution in [0.2, 0.25) is 0 Å². The first-order valence-corrected chi connectivity index (χ1v) is 9.60. The second-order valence-electron chi connectivity index (χ2n) is 5.97. The Morgan fingerprint density at radius 2 is 1.70 bits per heavy atom. The number of nitrogens with one attached hydrogen (secondary N) is 2. The molecule has 0 bridgehead atoms. The fourth-order valence-electron chi connectivity index (χ4n) is 2.84. The number of amides is 1. The lowest BCUT2D eigenvalue weighted by molar-refractivity contribution is 0.0944. The van der Waals surface area contributed by atoms with Crippen LogP contribution in [0.5, 0.6) is 0 Å². The first-order valence-electron chi connectivity index (χ1n) is 8.11. The van der Waals surface area contributed by atoms with E-state index >= 15 is 0 Å². The van der Waals surface area contributed by atoms with E-state index in [1.54, 1.807) is 13.0 Å². The lowest BCUT2D eigenvalue weighted by atomic mass is 10.2. The largest absolute Gasteiger partial charge is 0.318 e. The van der Waals surface area contributed by atoms with Gasteiger partial charge in [0.2, 0.25) is 0 Å². The van der Waals surface area contributed by atoms with Crippen LogP contribution in [0.4, 0.5) is 4.39 Å².